The number of para-hydroxylation sites is 1. The first-order chi connectivity index (χ1) is 9.22. The van der Waals surface area contributed by atoms with Crippen LogP contribution in [0, 0.1) is 21.4 Å². The number of aromatic nitrogens is 2. The molecule has 0 amide bonds. The van der Waals surface area contributed by atoms with Gasteiger partial charge in [-0.25, -0.2) is 0 Å². The number of nitriles is 1. The van der Waals surface area contributed by atoms with E-state index in [9.17, 15) is 10.1 Å². The average molecular weight is 258 g/mol. The van der Waals surface area contributed by atoms with Crippen LogP contribution in [-0.2, 0) is 6.42 Å². The van der Waals surface area contributed by atoms with Gasteiger partial charge in [0.1, 0.15) is 5.56 Å². The van der Waals surface area contributed by atoms with Gasteiger partial charge in [-0.3, -0.25) is 10.1 Å². The first-order valence-electron chi connectivity index (χ1n) is 5.65. The van der Waals surface area contributed by atoms with Crippen molar-refractivity contribution in [3.63, 3.8) is 0 Å². The van der Waals surface area contributed by atoms with Crippen molar-refractivity contribution in [2.24, 2.45) is 0 Å². The van der Waals surface area contributed by atoms with Crippen LogP contribution in [0.1, 0.15) is 18.7 Å². The Kier molecular flexibility index (Phi) is 3.83. The molecule has 19 heavy (non-hydrogen) atoms. The minimum Gasteiger partial charge on any atom is -0.339 e. The van der Waals surface area contributed by atoms with E-state index in [1.807, 2.05) is 6.07 Å². The fourth-order valence-electron chi connectivity index (χ4n) is 1.61. The van der Waals surface area contributed by atoms with Crippen molar-refractivity contribution >= 4 is 5.69 Å². The second-order valence-electron chi connectivity index (χ2n) is 3.80. The summed E-state index contributed by atoms with van der Waals surface area (Å²) in [7, 11) is 0. The number of benzene rings is 1. The second-order valence-corrected chi connectivity index (χ2v) is 3.80. The normalized spacial score (nSPS) is 10.1. The molecule has 96 valence electrons. The molecule has 0 spiro atoms. The fraction of sp³-hybridized carbons (Fsp3) is 0.250. The van der Waals surface area contributed by atoms with E-state index in [0.717, 1.165) is 0 Å². The summed E-state index contributed by atoms with van der Waals surface area (Å²) in [6.45, 7) is 0. The molecule has 0 bridgehead atoms. The standard InChI is InChI=1S/C12H10N4O3/c13-8-4-3-7-11-14-12(15-19-11)9-5-1-2-6-10(9)16(17)18/h1-2,5-6H,3-4,7H2. The molecule has 1 heterocycles. The van der Waals surface area contributed by atoms with Gasteiger partial charge in [-0.05, 0) is 12.5 Å². The van der Waals surface area contributed by atoms with Crippen molar-refractivity contribution in [3.05, 3.63) is 40.3 Å². The van der Waals surface area contributed by atoms with Crippen LogP contribution in [0.5, 0.6) is 0 Å². The minimum absolute atomic E-state index is 0.0631. The first-order valence-corrected chi connectivity index (χ1v) is 5.65. The van der Waals surface area contributed by atoms with Gasteiger partial charge >= 0.3 is 0 Å². The zero-order valence-corrected chi connectivity index (χ0v) is 9.94. The van der Waals surface area contributed by atoms with E-state index in [1.54, 1.807) is 18.2 Å². The molecular weight excluding hydrogens is 248 g/mol. The van der Waals surface area contributed by atoms with Crippen LogP contribution >= 0.6 is 0 Å². The van der Waals surface area contributed by atoms with E-state index in [4.69, 9.17) is 9.78 Å². The third-order valence-corrected chi connectivity index (χ3v) is 2.49. The van der Waals surface area contributed by atoms with E-state index in [2.05, 4.69) is 10.1 Å². The van der Waals surface area contributed by atoms with E-state index >= 15 is 0 Å². The number of nitro groups is 1. The van der Waals surface area contributed by atoms with Crippen molar-refractivity contribution in [1.29, 1.82) is 5.26 Å². The Morgan fingerprint density at radius 3 is 2.95 bits per heavy atom. The lowest BCUT2D eigenvalue weighted by Crippen LogP contribution is -1.93. The number of unbranched alkanes of at least 4 members (excludes halogenated alkanes) is 1. The molecule has 0 aliphatic rings. The van der Waals surface area contributed by atoms with Crippen molar-refractivity contribution in [1.82, 2.24) is 10.1 Å². The van der Waals surface area contributed by atoms with Crippen molar-refractivity contribution in [3.8, 4) is 17.5 Å². The maximum Gasteiger partial charge on any atom is 0.280 e. The third kappa shape index (κ3) is 2.93. The molecule has 0 aliphatic carbocycles. The van der Waals surface area contributed by atoms with Gasteiger partial charge in [0.25, 0.3) is 5.69 Å². The van der Waals surface area contributed by atoms with Crippen LogP contribution < -0.4 is 0 Å². The number of aryl methyl sites for hydroxylation is 1. The Balaban J connectivity index is 2.23. The van der Waals surface area contributed by atoms with Crippen LogP contribution in [0.15, 0.2) is 28.8 Å². The van der Waals surface area contributed by atoms with E-state index in [0.29, 0.717) is 30.7 Å². The molecule has 1 aromatic heterocycles. The Morgan fingerprint density at radius 1 is 1.42 bits per heavy atom. The van der Waals surface area contributed by atoms with E-state index in [-0.39, 0.29) is 11.5 Å². The Hall–Kier alpha value is -2.75. The zero-order valence-electron chi connectivity index (χ0n) is 9.94. The monoisotopic (exact) mass is 258 g/mol. The van der Waals surface area contributed by atoms with Gasteiger partial charge in [0.15, 0.2) is 0 Å². The van der Waals surface area contributed by atoms with Crippen LogP contribution in [0.4, 0.5) is 5.69 Å². The van der Waals surface area contributed by atoms with Crippen molar-refractivity contribution in [2.75, 3.05) is 0 Å². The molecule has 0 N–H and O–H groups in total. The minimum atomic E-state index is -0.485. The highest BCUT2D eigenvalue weighted by Gasteiger charge is 2.18. The molecular formula is C12H10N4O3. The molecule has 0 fully saturated rings. The SMILES string of the molecule is N#CCCCc1nc(-c2ccccc2[N+](=O)[O-])no1. The number of hydrogen-bond acceptors (Lipinski definition) is 6. The molecule has 2 aromatic rings. The lowest BCUT2D eigenvalue weighted by molar-refractivity contribution is -0.384. The Labute approximate surface area is 108 Å². The summed E-state index contributed by atoms with van der Waals surface area (Å²) in [5, 5.41) is 23.1. The smallest absolute Gasteiger partial charge is 0.280 e. The number of hydrogen-bond donors (Lipinski definition) is 0. The summed E-state index contributed by atoms with van der Waals surface area (Å²) < 4.78 is 5.01. The molecule has 7 nitrogen and oxygen atoms in total. The molecule has 0 aliphatic heterocycles. The predicted molar refractivity (Wildman–Crippen MR) is 64.9 cm³/mol. The van der Waals surface area contributed by atoms with Crippen molar-refractivity contribution < 1.29 is 9.45 Å². The third-order valence-electron chi connectivity index (χ3n) is 2.49. The summed E-state index contributed by atoms with van der Waals surface area (Å²) in [5.41, 5.74) is 0.259. The summed E-state index contributed by atoms with van der Waals surface area (Å²) in [6.07, 6.45) is 1.51. The molecule has 7 heteroatoms. The summed E-state index contributed by atoms with van der Waals surface area (Å²) in [4.78, 5) is 14.5. The van der Waals surface area contributed by atoms with E-state index < -0.39 is 4.92 Å². The summed E-state index contributed by atoms with van der Waals surface area (Å²) >= 11 is 0. The molecule has 0 saturated heterocycles. The Morgan fingerprint density at radius 2 is 2.21 bits per heavy atom. The largest absolute Gasteiger partial charge is 0.339 e. The fourth-order valence-corrected chi connectivity index (χ4v) is 1.61. The highest BCUT2D eigenvalue weighted by Crippen LogP contribution is 2.27. The molecule has 0 unspecified atom stereocenters. The zero-order chi connectivity index (χ0) is 13.7. The van der Waals surface area contributed by atoms with Gasteiger partial charge in [0.2, 0.25) is 11.7 Å². The second kappa shape index (κ2) is 5.73. The van der Waals surface area contributed by atoms with E-state index in [1.165, 1.54) is 6.07 Å². The van der Waals surface area contributed by atoms with Crippen LogP contribution in [0.25, 0.3) is 11.4 Å². The molecule has 0 radical (unpaired) electrons. The number of nitrogens with zero attached hydrogens (tertiary/aromatic N) is 4. The average Bonchev–Trinajstić information content (AvgIpc) is 2.88. The highest BCUT2D eigenvalue weighted by atomic mass is 16.6. The number of rotatable bonds is 5. The predicted octanol–water partition coefficient (Wildman–Crippen LogP) is 2.49. The van der Waals surface area contributed by atoms with Gasteiger partial charge in [-0.15, -0.1) is 0 Å². The highest BCUT2D eigenvalue weighted by molar-refractivity contribution is 5.67. The van der Waals surface area contributed by atoms with Crippen LogP contribution in [0.2, 0.25) is 0 Å². The molecule has 2 rings (SSSR count). The lowest BCUT2D eigenvalue weighted by Gasteiger charge is -1.96. The van der Waals surface area contributed by atoms with Crippen LogP contribution in [0.3, 0.4) is 0 Å². The molecule has 0 atom stereocenters. The Bertz CT molecular complexity index is 630. The molecule has 1 aromatic carbocycles. The molecule has 0 saturated carbocycles. The topological polar surface area (TPSA) is 106 Å². The first kappa shape index (κ1) is 12.7. The lowest BCUT2D eigenvalue weighted by atomic mass is 10.1. The summed E-state index contributed by atoms with van der Waals surface area (Å²) in [6, 6.07) is 8.24. The van der Waals surface area contributed by atoms with Gasteiger partial charge in [-0.2, -0.15) is 10.2 Å². The van der Waals surface area contributed by atoms with Gasteiger partial charge in [0, 0.05) is 18.9 Å². The van der Waals surface area contributed by atoms with Gasteiger partial charge in [0.05, 0.1) is 11.0 Å². The maximum absolute atomic E-state index is 10.9. The quantitative estimate of drug-likeness (QED) is 0.463. The summed E-state index contributed by atoms with van der Waals surface area (Å²) in [5.74, 6) is 0.572. The van der Waals surface area contributed by atoms with Gasteiger partial charge < -0.3 is 4.52 Å². The van der Waals surface area contributed by atoms with Crippen molar-refractivity contribution in [2.45, 2.75) is 19.3 Å². The van der Waals surface area contributed by atoms with Crippen LogP contribution in [-0.4, -0.2) is 15.1 Å². The van der Waals surface area contributed by atoms with Gasteiger partial charge in [-0.1, -0.05) is 17.3 Å². The number of nitro benzene ring substituents is 1. The maximum atomic E-state index is 10.9.